The highest BCUT2D eigenvalue weighted by atomic mass is 32.2. The Kier molecular flexibility index (Phi) is 8.20. The molecule has 1 aliphatic rings. The van der Waals surface area contributed by atoms with Crippen LogP contribution in [0.1, 0.15) is 83.2 Å². The molecule has 0 aliphatic carbocycles. The summed E-state index contributed by atoms with van der Waals surface area (Å²) in [5.41, 5.74) is 1.56. The lowest BCUT2D eigenvalue weighted by Crippen LogP contribution is -2.27. The van der Waals surface area contributed by atoms with Crippen LogP contribution in [0.15, 0.2) is 15.7 Å². The molecule has 1 aromatic rings. The molecule has 1 nitrogen and oxygen atoms in total. The van der Waals surface area contributed by atoms with Crippen LogP contribution in [0.4, 0.5) is 0 Å². The second kappa shape index (κ2) is 9.91. The number of fused-ring (bicyclic) bond motifs is 1. The van der Waals surface area contributed by atoms with Gasteiger partial charge in [0.2, 0.25) is 0 Å². The van der Waals surface area contributed by atoms with E-state index < -0.39 is 0 Å². The van der Waals surface area contributed by atoms with Crippen LogP contribution in [0.3, 0.4) is 0 Å². The van der Waals surface area contributed by atoms with Gasteiger partial charge in [-0.15, -0.1) is 23.1 Å². The number of rotatable bonds is 10. The van der Waals surface area contributed by atoms with Crippen molar-refractivity contribution < 1.29 is 0 Å². The second-order valence-corrected chi connectivity index (χ2v) is 8.93. The Labute approximate surface area is 139 Å². The van der Waals surface area contributed by atoms with Gasteiger partial charge in [-0.1, -0.05) is 58.8 Å². The van der Waals surface area contributed by atoms with E-state index in [0.717, 1.165) is 5.25 Å². The molecule has 1 aromatic heterocycles. The first-order valence-corrected chi connectivity index (χ1v) is 10.5. The highest BCUT2D eigenvalue weighted by Crippen LogP contribution is 2.43. The minimum absolute atomic E-state index is 0.604. The maximum atomic E-state index is 3.80. The smallest absolute Gasteiger partial charge is 0.0649 e. The number of nitrogens with one attached hydrogen (secondary N) is 1. The summed E-state index contributed by atoms with van der Waals surface area (Å²) in [6.45, 7) is 5.83. The van der Waals surface area contributed by atoms with Crippen molar-refractivity contribution in [3.63, 3.8) is 0 Å². The zero-order valence-electron chi connectivity index (χ0n) is 13.7. The minimum atomic E-state index is 0.604. The van der Waals surface area contributed by atoms with Crippen molar-refractivity contribution in [1.82, 2.24) is 5.32 Å². The molecular weight excluding hydrogens is 294 g/mol. The quantitative estimate of drug-likeness (QED) is 0.499. The average Bonchev–Trinajstić information content (AvgIpc) is 2.93. The first-order valence-electron chi connectivity index (χ1n) is 8.78. The van der Waals surface area contributed by atoms with Crippen molar-refractivity contribution in [1.29, 1.82) is 0 Å². The molecule has 2 rings (SSSR count). The lowest BCUT2D eigenvalue weighted by Gasteiger charge is -2.27. The summed E-state index contributed by atoms with van der Waals surface area (Å²) in [4.78, 5) is 0. The number of thioether (sulfide) groups is 1. The van der Waals surface area contributed by atoms with Crippen LogP contribution in [0, 0.1) is 0 Å². The van der Waals surface area contributed by atoms with E-state index in [2.05, 4.69) is 42.4 Å². The zero-order chi connectivity index (χ0) is 14.9. The molecule has 0 saturated heterocycles. The van der Waals surface area contributed by atoms with Crippen LogP contribution >= 0.6 is 23.1 Å². The molecule has 120 valence electrons. The van der Waals surface area contributed by atoms with E-state index in [-0.39, 0.29) is 0 Å². The SMILES string of the molecule is CCCCCCCCCCNC1C[C@H](C)Sc2sccc21. The third kappa shape index (κ3) is 5.96. The third-order valence-corrected chi connectivity index (χ3v) is 6.67. The topological polar surface area (TPSA) is 12.0 Å². The van der Waals surface area contributed by atoms with Crippen LogP contribution in [0.25, 0.3) is 0 Å². The van der Waals surface area contributed by atoms with Crippen molar-refractivity contribution in [2.75, 3.05) is 6.54 Å². The molecule has 1 unspecified atom stereocenters. The number of unbranched alkanes of at least 4 members (excludes halogenated alkanes) is 7. The molecule has 0 spiro atoms. The monoisotopic (exact) mass is 325 g/mol. The summed E-state index contributed by atoms with van der Waals surface area (Å²) in [7, 11) is 0. The normalized spacial score (nSPS) is 21.4. The molecular formula is C18H31NS2. The van der Waals surface area contributed by atoms with Gasteiger partial charge in [-0.3, -0.25) is 0 Å². The molecule has 2 heterocycles. The summed E-state index contributed by atoms with van der Waals surface area (Å²) in [5, 5.41) is 6.81. The van der Waals surface area contributed by atoms with Gasteiger partial charge >= 0.3 is 0 Å². The van der Waals surface area contributed by atoms with Crippen LogP contribution in [0.2, 0.25) is 0 Å². The van der Waals surface area contributed by atoms with Gasteiger partial charge < -0.3 is 5.32 Å². The number of thiophene rings is 1. The largest absolute Gasteiger partial charge is 0.310 e. The van der Waals surface area contributed by atoms with E-state index >= 15 is 0 Å². The third-order valence-electron chi connectivity index (χ3n) is 4.33. The van der Waals surface area contributed by atoms with Crippen LogP contribution < -0.4 is 5.32 Å². The van der Waals surface area contributed by atoms with Crippen molar-refractivity contribution >= 4 is 23.1 Å². The fourth-order valence-electron chi connectivity index (χ4n) is 3.08. The maximum absolute atomic E-state index is 3.80. The molecule has 2 atom stereocenters. The Morgan fingerprint density at radius 1 is 1.10 bits per heavy atom. The van der Waals surface area contributed by atoms with Gasteiger partial charge in [0.1, 0.15) is 0 Å². The van der Waals surface area contributed by atoms with Crippen LogP contribution in [-0.2, 0) is 0 Å². The molecule has 1 aliphatic heterocycles. The molecule has 3 heteroatoms. The van der Waals surface area contributed by atoms with Gasteiger partial charge in [-0.05, 0) is 36.4 Å². The van der Waals surface area contributed by atoms with E-state index in [1.807, 2.05) is 11.3 Å². The molecule has 0 saturated carbocycles. The van der Waals surface area contributed by atoms with Gasteiger partial charge in [-0.25, -0.2) is 0 Å². The fourth-order valence-corrected chi connectivity index (χ4v) is 5.64. The lowest BCUT2D eigenvalue weighted by atomic mass is 10.0. The maximum Gasteiger partial charge on any atom is 0.0649 e. The predicted molar refractivity (Wildman–Crippen MR) is 97.6 cm³/mol. The Morgan fingerprint density at radius 2 is 1.81 bits per heavy atom. The van der Waals surface area contributed by atoms with Gasteiger partial charge in [0.25, 0.3) is 0 Å². The van der Waals surface area contributed by atoms with Gasteiger partial charge in [0.05, 0.1) is 4.21 Å². The summed E-state index contributed by atoms with van der Waals surface area (Å²) < 4.78 is 1.54. The zero-order valence-corrected chi connectivity index (χ0v) is 15.3. The number of hydrogen-bond acceptors (Lipinski definition) is 3. The van der Waals surface area contributed by atoms with E-state index in [1.165, 1.54) is 64.3 Å². The Balaban J connectivity index is 1.55. The van der Waals surface area contributed by atoms with E-state index in [1.54, 1.807) is 9.77 Å². The molecule has 1 N–H and O–H groups in total. The lowest BCUT2D eigenvalue weighted by molar-refractivity contribution is 0.470. The molecule has 0 fully saturated rings. The summed E-state index contributed by atoms with van der Waals surface area (Å²) in [5.74, 6) is 0. The predicted octanol–water partition coefficient (Wildman–Crippen LogP) is 6.40. The second-order valence-electron chi connectivity index (χ2n) is 6.31. The summed E-state index contributed by atoms with van der Waals surface area (Å²) in [6.07, 6.45) is 12.5. The molecule has 0 aromatic carbocycles. The van der Waals surface area contributed by atoms with Crippen molar-refractivity contribution in [3.05, 3.63) is 17.0 Å². The highest BCUT2D eigenvalue weighted by molar-refractivity contribution is 8.01. The Bertz CT molecular complexity index is 388. The number of hydrogen-bond donors (Lipinski definition) is 1. The van der Waals surface area contributed by atoms with Crippen LogP contribution in [-0.4, -0.2) is 11.8 Å². The van der Waals surface area contributed by atoms with E-state index in [9.17, 15) is 0 Å². The molecule has 0 amide bonds. The Morgan fingerprint density at radius 3 is 2.57 bits per heavy atom. The molecule has 0 bridgehead atoms. The van der Waals surface area contributed by atoms with Crippen LogP contribution in [0.5, 0.6) is 0 Å². The summed E-state index contributed by atoms with van der Waals surface area (Å²) >= 11 is 3.97. The van der Waals surface area contributed by atoms with Crippen molar-refractivity contribution in [2.24, 2.45) is 0 Å². The molecule has 0 radical (unpaired) electrons. The first kappa shape index (κ1) is 17.4. The fraction of sp³-hybridized carbons (Fsp3) is 0.778. The van der Waals surface area contributed by atoms with E-state index in [4.69, 9.17) is 0 Å². The minimum Gasteiger partial charge on any atom is -0.310 e. The van der Waals surface area contributed by atoms with Gasteiger partial charge in [0, 0.05) is 11.3 Å². The van der Waals surface area contributed by atoms with E-state index in [0.29, 0.717) is 6.04 Å². The first-order chi connectivity index (χ1) is 10.3. The summed E-state index contributed by atoms with van der Waals surface area (Å²) in [6, 6.07) is 2.93. The highest BCUT2D eigenvalue weighted by Gasteiger charge is 2.25. The van der Waals surface area contributed by atoms with Gasteiger partial charge in [0.15, 0.2) is 0 Å². The Hall–Kier alpha value is 0.0100. The average molecular weight is 326 g/mol. The van der Waals surface area contributed by atoms with Crippen molar-refractivity contribution in [3.8, 4) is 0 Å². The molecule has 21 heavy (non-hydrogen) atoms. The van der Waals surface area contributed by atoms with Gasteiger partial charge in [-0.2, -0.15) is 0 Å². The van der Waals surface area contributed by atoms with Crippen molar-refractivity contribution in [2.45, 2.75) is 87.1 Å². The standard InChI is InChI=1S/C18H31NS2/c1-3-4-5-6-7-8-9-10-12-19-17-14-15(2)21-18-16(17)11-13-20-18/h11,13,15,17,19H,3-10,12,14H2,1-2H3/t15-,17?/m0/s1.